The number of unbranched alkanes of at least 4 members (excludes halogenated alkanes) is 1. The molecule has 1 aromatic rings. The summed E-state index contributed by atoms with van der Waals surface area (Å²) in [6.07, 6.45) is 1.98. The Hall–Kier alpha value is -2.02. The van der Waals surface area contributed by atoms with Crippen molar-refractivity contribution in [1.82, 2.24) is 15.1 Å². The van der Waals surface area contributed by atoms with Gasteiger partial charge in [0.2, 0.25) is 5.91 Å². The number of amides is 2. The minimum atomic E-state index is -0.849. The number of piperazine rings is 1. The van der Waals surface area contributed by atoms with Crippen LogP contribution in [0.5, 0.6) is 0 Å². The molecular formula is C17H23F2N3O2. The van der Waals surface area contributed by atoms with E-state index in [-0.39, 0.29) is 11.5 Å². The zero-order valence-electron chi connectivity index (χ0n) is 13.9. The molecule has 7 heteroatoms. The van der Waals surface area contributed by atoms with Gasteiger partial charge in [-0.2, -0.15) is 0 Å². The summed E-state index contributed by atoms with van der Waals surface area (Å²) >= 11 is 0. The van der Waals surface area contributed by atoms with Gasteiger partial charge >= 0.3 is 0 Å². The van der Waals surface area contributed by atoms with Crippen LogP contribution in [0.25, 0.3) is 0 Å². The highest BCUT2D eigenvalue weighted by molar-refractivity contribution is 5.94. The van der Waals surface area contributed by atoms with Crippen molar-refractivity contribution in [2.75, 3.05) is 39.3 Å². The van der Waals surface area contributed by atoms with Crippen molar-refractivity contribution in [3.05, 3.63) is 35.4 Å². The molecule has 0 atom stereocenters. The molecule has 0 bridgehead atoms. The maximum absolute atomic E-state index is 13.7. The lowest BCUT2D eigenvalue weighted by Crippen LogP contribution is -2.51. The van der Waals surface area contributed by atoms with Gasteiger partial charge in [0.05, 0.1) is 12.1 Å². The number of carbonyl (C=O) groups is 2. The van der Waals surface area contributed by atoms with Crippen LogP contribution in [0, 0.1) is 11.6 Å². The molecule has 0 saturated carbocycles. The first-order chi connectivity index (χ1) is 11.5. The summed E-state index contributed by atoms with van der Waals surface area (Å²) in [5.74, 6) is -2.02. The first-order valence-corrected chi connectivity index (χ1v) is 8.24. The van der Waals surface area contributed by atoms with E-state index in [9.17, 15) is 18.4 Å². The van der Waals surface area contributed by atoms with Crippen molar-refractivity contribution in [3.63, 3.8) is 0 Å². The summed E-state index contributed by atoms with van der Waals surface area (Å²) in [5.41, 5.74) is -0.123. The summed E-state index contributed by atoms with van der Waals surface area (Å²) < 4.78 is 26.6. The summed E-state index contributed by atoms with van der Waals surface area (Å²) in [5, 5.41) is 2.86. The van der Waals surface area contributed by atoms with E-state index in [4.69, 9.17) is 0 Å². The molecule has 0 radical (unpaired) electrons. The van der Waals surface area contributed by atoms with Crippen LogP contribution in [0.4, 0.5) is 8.78 Å². The number of hydrogen-bond acceptors (Lipinski definition) is 3. The van der Waals surface area contributed by atoms with E-state index in [1.165, 1.54) is 11.0 Å². The van der Waals surface area contributed by atoms with Gasteiger partial charge in [-0.15, -0.1) is 0 Å². The maximum atomic E-state index is 13.7. The van der Waals surface area contributed by atoms with E-state index >= 15 is 0 Å². The smallest absolute Gasteiger partial charge is 0.256 e. The number of hydrogen-bond donors (Lipinski definition) is 1. The molecule has 1 heterocycles. The number of nitrogens with one attached hydrogen (secondary N) is 1. The summed E-state index contributed by atoms with van der Waals surface area (Å²) in [6.45, 7) is 4.97. The van der Waals surface area contributed by atoms with Gasteiger partial charge in [0.25, 0.3) is 5.91 Å². The van der Waals surface area contributed by atoms with Gasteiger partial charge in [-0.3, -0.25) is 14.5 Å². The molecule has 2 rings (SSSR count). The normalized spacial score (nSPS) is 15.4. The highest BCUT2D eigenvalue weighted by Gasteiger charge is 2.25. The Kier molecular flexibility index (Phi) is 6.66. The summed E-state index contributed by atoms with van der Waals surface area (Å²) in [4.78, 5) is 27.6. The Morgan fingerprint density at radius 1 is 1.17 bits per heavy atom. The zero-order chi connectivity index (χ0) is 17.5. The fraction of sp³-hybridized carbons (Fsp3) is 0.529. The third-order valence-corrected chi connectivity index (χ3v) is 4.04. The SMILES string of the molecule is CCCCNC(=O)CN1CCN(C(=O)c2ccc(F)cc2F)CC1. The lowest BCUT2D eigenvalue weighted by Gasteiger charge is -2.34. The predicted octanol–water partition coefficient (Wildman–Crippen LogP) is 1.64. The average Bonchev–Trinajstić information content (AvgIpc) is 2.55. The molecule has 132 valence electrons. The van der Waals surface area contributed by atoms with E-state index in [1.807, 2.05) is 4.90 Å². The average molecular weight is 339 g/mol. The summed E-state index contributed by atoms with van der Waals surface area (Å²) in [6, 6.07) is 2.96. The lowest BCUT2D eigenvalue weighted by molar-refractivity contribution is -0.122. The van der Waals surface area contributed by atoms with Crippen LogP contribution < -0.4 is 5.32 Å². The molecule has 24 heavy (non-hydrogen) atoms. The van der Waals surface area contributed by atoms with Crippen molar-refractivity contribution in [2.24, 2.45) is 0 Å². The lowest BCUT2D eigenvalue weighted by atomic mass is 10.1. The molecule has 1 fully saturated rings. The molecule has 0 spiro atoms. The number of rotatable bonds is 6. The van der Waals surface area contributed by atoms with E-state index in [0.717, 1.165) is 18.9 Å². The van der Waals surface area contributed by atoms with Gasteiger partial charge in [0, 0.05) is 38.8 Å². The largest absolute Gasteiger partial charge is 0.355 e. The standard InChI is InChI=1S/C17H23F2N3O2/c1-2-3-6-20-16(23)12-21-7-9-22(10-8-21)17(24)14-5-4-13(18)11-15(14)19/h4-5,11H,2-3,6-10,12H2,1H3,(H,20,23). The fourth-order valence-electron chi connectivity index (χ4n) is 2.61. The van der Waals surface area contributed by atoms with Crippen LogP contribution in [-0.2, 0) is 4.79 Å². The van der Waals surface area contributed by atoms with E-state index < -0.39 is 17.5 Å². The van der Waals surface area contributed by atoms with Gasteiger partial charge in [-0.25, -0.2) is 8.78 Å². The topological polar surface area (TPSA) is 52.7 Å². The van der Waals surface area contributed by atoms with Crippen LogP contribution in [-0.4, -0.2) is 60.9 Å². The predicted molar refractivity (Wildman–Crippen MR) is 86.6 cm³/mol. The van der Waals surface area contributed by atoms with Gasteiger partial charge < -0.3 is 10.2 Å². The minimum absolute atomic E-state index is 0.0206. The van der Waals surface area contributed by atoms with Crippen LogP contribution in [0.15, 0.2) is 18.2 Å². The second-order valence-corrected chi connectivity index (χ2v) is 5.90. The van der Waals surface area contributed by atoms with Crippen molar-refractivity contribution < 1.29 is 18.4 Å². The van der Waals surface area contributed by atoms with Gasteiger partial charge in [0.1, 0.15) is 11.6 Å². The van der Waals surface area contributed by atoms with Crippen LogP contribution in [0.3, 0.4) is 0 Å². The second kappa shape index (κ2) is 8.73. The van der Waals surface area contributed by atoms with E-state index in [0.29, 0.717) is 45.3 Å². The molecule has 1 aliphatic rings. The third-order valence-electron chi connectivity index (χ3n) is 4.04. The number of benzene rings is 1. The van der Waals surface area contributed by atoms with Crippen molar-refractivity contribution in [2.45, 2.75) is 19.8 Å². The van der Waals surface area contributed by atoms with Crippen LogP contribution in [0.2, 0.25) is 0 Å². The molecule has 1 aliphatic heterocycles. The Bertz CT molecular complexity index is 587. The van der Waals surface area contributed by atoms with Gasteiger partial charge in [0.15, 0.2) is 0 Å². The Balaban J connectivity index is 1.81. The highest BCUT2D eigenvalue weighted by atomic mass is 19.1. The van der Waals surface area contributed by atoms with Crippen molar-refractivity contribution in [3.8, 4) is 0 Å². The van der Waals surface area contributed by atoms with E-state index in [1.54, 1.807) is 0 Å². The fourth-order valence-corrected chi connectivity index (χ4v) is 2.61. The Morgan fingerprint density at radius 2 is 1.88 bits per heavy atom. The number of carbonyl (C=O) groups excluding carboxylic acids is 2. The zero-order valence-corrected chi connectivity index (χ0v) is 13.9. The maximum Gasteiger partial charge on any atom is 0.256 e. The van der Waals surface area contributed by atoms with Crippen molar-refractivity contribution >= 4 is 11.8 Å². The van der Waals surface area contributed by atoms with Crippen LogP contribution >= 0.6 is 0 Å². The number of halogens is 2. The molecule has 2 amide bonds. The van der Waals surface area contributed by atoms with Gasteiger partial charge in [-0.05, 0) is 18.6 Å². The Morgan fingerprint density at radius 3 is 2.50 bits per heavy atom. The quantitative estimate of drug-likeness (QED) is 0.802. The molecule has 5 nitrogen and oxygen atoms in total. The molecule has 0 aliphatic carbocycles. The molecule has 0 unspecified atom stereocenters. The minimum Gasteiger partial charge on any atom is -0.355 e. The van der Waals surface area contributed by atoms with E-state index in [2.05, 4.69) is 12.2 Å². The monoisotopic (exact) mass is 339 g/mol. The van der Waals surface area contributed by atoms with Crippen LogP contribution in [0.1, 0.15) is 30.1 Å². The van der Waals surface area contributed by atoms with Gasteiger partial charge in [-0.1, -0.05) is 13.3 Å². The molecule has 1 saturated heterocycles. The Labute approximate surface area is 140 Å². The molecule has 1 aromatic carbocycles. The molecule has 1 N–H and O–H groups in total. The summed E-state index contributed by atoms with van der Waals surface area (Å²) in [7, 11) is 0. The number of nitrogens with zero attached hydrogens (tertiary/aromatic N) is 2. The molecular weight excluding hydrogens is 316 g/mol. The first kappa shape index (κ1) is 18.3. The molecule has 0 aromatic heterocycles. The first-order valence-electron chi connectivity index (χ1n) is 8.24. The highest BCUT2D eigenvalue weighted by Crippen LogP contribution is 2.14. The van der Waals surface area contributed by atoms with Crippen molar-refractivity contribution in [1.29, 1.82) is 0 Å². The third kappa shape index (κ3) is 4.99. The second-order valence-electron chi connectivity index (χ2n) is 5.90.